The zero-order chi connectivity index (χ0) is 29.1. The molecule has 9 nitrogen and oxygen atoms in total. The third-order valence-electron chi connectivity index (χ3n) is 7.08. The third kappa shape index (κ3) is 4.46. The van der Waals surface area contributed by atoms with Crippen molar-refractivity contribution >= 4 is 17.2 Å². The first kappa shape index (κ1) is 26.4. The van der Waals surface area contributed by atoms with Gasteiger partial charge >= 0.3 is 12.7 Å². The average Bonchev–Trinajstić information content (AvgIpc) is 3.64. The Balaban J connectivity index is 1.40. The molecule has 1 aliphatic carbocycles. The van der Waals surface area contributed by atoms with Gasteiger partial charge in [-0.1, -0.05) is 0 Å². The van der Waals surface area contributed by atoms with Gasteiger partial charge < -0.3 is 5.32 Å². The van der Waals surface area contributed by atoms with Crippen LogP contribution in [-0.4, -0.2) is 40.3 Å². The fourth-order valence-electron chi connectivity index (χ4n) is 5.26. The Bertz CT molecular complexity index is 1780. The predicted molar refractivity (Wildman–Crippen MR) is 131 cm³/mol. The van der Waals surface area contributed by atoms with Crippen LogP contribution in [0.3, 0.4) is 0 Å². The van der Waals surface area contributed by atoms with Crippen LogP contribution in [0.15, 0.2) is 61.2 Å². The molecule has 6 rings (SSSR count). The first-order valence-corrected chi connectivity index (χ1v) is 12.1. The largest absolute Gasteiger partial charge is 0.417 e. The van der Waals surface area contributed by atoms with E-state index >= 15 is 0 Å². The highest BCUT2D eigenvalue weighted by Gasteiger charge is 2.48. The van der Waals surface area contributed by atoms with Crippen molar-refractivity contribution in [2.24, 2.45) is 0 Å². The summed E-state index contributed by atoms with van der Waals surface area (Å²) in [4.78, 5) is 25.5. The Morgan fingerprint density at radius 1 is 1.10 bits per heavy atom. The minimum atomic E-state index is -4.78. The van der Waals surface area contributed by atoms with E-state index in [0.29, 0.717) is 15.9 Å². The molecule has 0 spiro atoms. The van der Waals surface area contributed by atoms with Gasteiger partial charge in [0.2, 0.25) is 11.9 Å². The lowest BCUT2D eigenvalue weighted by atomic mass is 9.82. The maximum atomic E-state index is 14.1. The number of hydrogen-bond donors (Lipinski definition) is 1. The predicted octanol–water partition coefficient (Wildman–Crippen LogP) is 5.37. The number of alkyl halides is 5. The molecule has 15 heteroatoms. The summed E-state index contributed by atoms with van der Waals surface area (Å²) in [6, 6.07) is 7.15. The number of nitrogens with zero attached hydrogens (tertiary/aromatic N) is 7. The molecule has 0 saturated heterocycles. The standard InChI is InChI=1S/C26H18F6N8O/c1-25(18-5-8-39(37-18)24(28)29)11-15(16-12-35-20-10-19(27)38-40(20)21(16)25)23(41)36-13-3-4-14(17(9-13)26(30,31)32)22-33-6-2-7-34-22/h2-10,12,15,24H,11H2,1H3,(H,36,41). The molecule has 2 atom stereocenters. The van der Waals surface area contributed by atoms with E-state index in [-0.39, 0.29) is 34.8 Å². The van der Waals surface area contributed by atoms with E-state index in [4.69, 9.17) is 0 Å². The highest BCUT2D eigenvalue weighted by Crippen LogP contribution is 2.49. The Kier molecular flexibility index (Phi) is 6.04. The molecule has 4 aromatic heterocycles. The zero-order valence-corrected chi connectivity index (χ0v) is 20.9. The normalized spacial score (nSPS) is 18.7. The molecule has 0 saturated carbocycles. The molecule has 2 unspecified atom stereocenters. The van der Waals surface area contributed by atoms with Crippen molar-refractivity contribution in [3.63, 3.8) is 0 Å². The molecule has 4 heterocycles. The molecule has 1 aromatic carbocycles. The highest BCUT2D eigenvalue weighted by molar-refractivity contribution is 5.97. The number of fused-ring (bicyclic) bond motifs is 3. The molecule has 0 fully saturated rings. The topological polar surface area (TPSA) is 103 Å². The number of hydrogen-bond acceptors (Lipinski definition) is 6. The molecule has 5 aromatic rings. The summed E-state index contributed by atoms with van der Waals surface area (Å²) < 4.78 is 84.3. The van der Waals surface area contributed by atoms with Gasteiger partial charge in [-0.3, -0.25) is 4.79 Å². The Labute approximate surface area is 226 Å². The molecular weight excluding hydrogens is 554 g/mol. The second-order valence-electron chi connectivity index (χ2n) is 9.67. The number of benzene rings is 1. The first-order valence-electron chi connectivity index (χ1n) is 12.1. The van der Waals surface area contributed by atoms with Crippen molar-refractivity contribution in [2.45, 2.75) is 37.4 Å². The number of anilines is 1. The van der Waals surface area contributed by atoms with Gasteiger partial charge in [0, 0.05) is 47.7 Å². The number of carbonyl (C=O) groups excluding carboxylic acids is 1. The van der Waals surface area contributed by atoms with E-state index in [0.717, 1.165) is 24.4 Å². The van der Waals surface area contributed by atoms with Crippen molar-refractivity contribution in [2.75, 3.05) is 5.32 Å². The number of aromatic nitrogens is 7. The van der Waals surface area contributed by atoms with Gasteiger partial charge in [0.25, 0.3) is 0 Å². The molecular formula is C26H18F6N8O. The van der Waals surface area contributed by atoms with Gasteiger partial charge in [-0.25, -0.2) is 24.1 Å². The smallest absolute Gasteiger partial charge is 0.326 e. The van der Waals surface area contributed by atoms with E-state index < -0.39 is 41.5 Å². The summed E-state index contributed by atoms with van der Waals surface area (Å²) in [6.07, 6.45) is 0.246. The number of halogens is 6. The summed E-state index contributed by atoms with van der Waals surface area (Å²) in [7, 11) is 0. The molecule has 1 N–H and O–H groups in total. The second kappa shape index (κ2) is 9.38. The van der Waals surface area contributed by atoms with Crippen LogP contribution in [0.25, 0.3) is 17.0 Å². The van der Waals surface area contributed by atoms with Crippen LogP contribution in [0.2, 0.25) is 0 Å². The molecule has 0 radical (unpaired) electrons. The third-order valence-corrected chi connectivity index (χ3v) is 7.08. The lowest BCUT2D eigenvalue weighted by Gasteiger charge is -2.23. The van der Waals surface area contributed by atoms with Crippen molar-refractivity contribution < 1.29 is 31.1 Å². The van der Waals surface area contributed by atoms with E-state index in [1.807, 2.05) is 0 Å². The van der Waals surface area contributed by atoms with Gasteiger partial charge in [0.05, 0.1) is 28.3 Å². The van der Waals surface area contributed by atoms with Crippen molar-refractivity contribution in [1.29, 1.82) is 0 Å². The van der Waals surface area contributed by atoms with Gasteiger partial charge in [0.1, 0.15) is 0 Å². The van der Waals surface area contributed by atoms with Crippen molar-refractivity contribution in [3.8, 4) is 11.4 Å². The molecule has 41 heavy (non-hydrogen) atoms. The molecule has 1 aliphatic rings. The summed E-state index contributed by atoms with van der Waals surface area (Å²) in [5, 5.41) is 10.3. The fourth-order valence-corrected chi connectivity index (χ4v) is 5.26. The summed E-state index contributed by atoms with van der Waals surface area (Å²) in [5.41, 5.74) is -1.76. The molecule has 0 bridgehead atoms. The van der Waals surface area contributed by atoms with Gasteiger partial charge in [-0.05, 0) is 43.7 Å². The van der Waals surface area contributed by atoms with E-state index in [1.165, 1.54) is 41.3 Å². The Hall–Kier alpha value is -4.82. The van der Waals surface area contributed by atoms with E-state index in [9.17, 15) is 31.1 Å². The van der Waals surface area contributed by atoms with Crippen molar-refractivity contribution in [3.05, 3.63) is 89.6 Å². The lowest BCUT2D eigenvalue weighted by Crippen LogP contribution is -2.26. The van der Waals surface area contributed by atoms with Gasteiger partial charge in [-0.2, -0.15) is 31.4 Å². The number of nitrogens with one attached hydrogen (secondary N) is 1. The van der Waals surface area contributed by atoms with E-state index in [2.05, 4.69) is 30.5 Å². The number of amides is 1. The second-order valence-corrected chi connectivity index (χ2v) is 9.67. The molecule has 1 amide bonds. The van der Waals surface area contributed by atoms with Crippen LogP contribution >= 0.6 is 0 Å². The van der Waals surface area contributed by atoms with E-state index in [1.54, 1.807) is 6.92 Å². The summed E-state index contributed by atoms with van der Waals surface area (Å²) in [5.74, 6) is -2.68. The van der Waals surface area contributed by atoms with Crippen LogP contribution in [0.4, 0.5) is 32.0 Å². The minimum Gasteiger partial charge on any atom is -0.326 e. The molecule has 0 aliphatic heterocycles. The maximum absolute atomic E-state index is 14.1. The zero-order valence-electron chi connectivity index (χ0n) is 20.9. The minimum absolute atomic E-state index is 0.0290. The van der Waals surface area contributed by atoms with Crippen LogP contribution in [-0.2, 0) is 16.4 Å². The number of rotatable bonds is 5. The number of carbonyl (C=O) groups is 1. The van der Waals surface area contributed by atoms with Gasteiger partial charge in [-0.15, -0.1) is 5.10 Å². The van der Waals surface area contributed by atoms with Crippen LogP contribution in [0.5, 0.6) is 0 Å². The van der Waals surface area contributed by atoms with Crippen molar-refractivity contribution in [1.82, 2.24) is 34.3 Å². The maximum Gasteiger partial charge on any atom is 0.417 e. The SMILES string of the molecule is CC1(c2ccn(C(F)F)n2)CC(C(=O)Nc2ccc(-c3ncccn3)c(C(F)(F)F)c2)c2cnc3cc(F)nn3c21. The first-order chi connectivity index (χ1) is 19.5. The summed E-state index contributed by atoms with van der Waals surface area (Å²) in [6.45, 7) is -1.27. The van der Waals surface area contributed by atoms with Gasteiger partial charge in [0.15, 0.2) is 11.5 Å². The Morgan fingerprint density at radius 3 is 2.54 bits per heavy atom. The lowest BCUT2D eigenvalue weighted by molar-refractivity contribution is -0.137. The highest BCUT2D eigenvalue weighted by atomic mass is 19.4. The molecule has 210 valence electrons. The monoisotopic (exact) mass is 572 g/mol. The van der Waals surface area contributed by atoms with Crippen LogP contribution < -0.4 is 5.32 Å². The van der Waals surface area contributed by atoms with Crippen LogP contribution in [0, 0.1) is 5.95 Å². The quantitative estimate of drug-likeness (QED) is 0.284. The summed E-state index contributed by atoms with van der Waals surface area (Å²) >= 11 is 0. The van der Waals surface area contributed by atoms with Crippen LogP contribution in [0.1, 0.15) is 48.3 Å². The fraction of sp³-hybridized carbons (Fsp3) is 0.231. The Morgan fingerprint density at radius 2 is 1.85 bits per heavy atom. The average molecular weight is 572 g/mol.